The molecule has 0 saturated heterocycles. The van der Waals surface area contributed by atoms with Gasteiger partial charge in [0.1, 0.15) is 6.29 Å². The topological polar surface area (TPSA) is 17.1 Å². The molecular formula is C7H12O. The zero-order valence-corrected chi connectivity index (χ0v) is 4.90. The highest BCUT2D eigenvalue weighted by atomic mass is 16.1. The monoisotopic (exact) mass is 116 g/mol. The summed E-state index contributed by atoms with van der Waals surface area (Å²) in [4.78, 5) is 10.1. The van der Waals surface area contributed by atoms with Crippen molar-refractivity contribution in [1.29, 1.82) is 0 Å². The molecule has 0 amide bonds. The number of allylic oxidation sites excluding steroid dienone is 2. The molecule has 46 valence electrons. The maximum atomic E-state index is 10.1. The lowest BCUT2D eigenvalue weighted by molar-refractivity contribution is -0.104. The Bertz CT molecular complexity index is 198. The first-order valence-electron chi connectivity index (χ1n) is 4.59. The molecule has 0 aliphatic rings. The van der Waals surface area contributed by atoms with Crippen molar-refractivity contribution in [3.8, 4) is 0 Å². The fourth-order valence-corrected chi connectivity index (χ4v) is 0.268. The molecule has 0 fully saturated rings. The average Bonchev–Trinajstić information content (AvgIpc) is 2.01. The Balaban J connectivity index is 4.65. The fraction of sp³-hybridized carbons (Fsp3) is 0.571. The summed E-state index contributed by atoms with van der Waals surface area (Å²) in [6.45, 7) is 1.79. The average molecular weight is 116 g/mol. The molecular weight excluding hydrogens is 100 g/mol. The van der Waals surface area contributed by atoms with Gasteiger partial charge in [-0.15, -0.1) is 0 Å². The minimum Gasteiger partial charge on any atom is -0.299 e. The third-order valence-electron chi connectivity index (χ3n) is 0.594. The molecule has 0 aromatic heterocycles. The van der Waals surface area contributed by atoms with Crippen molar-refractivity contribution in [3.05, 3.63) is 12.1 Å². The van der Waals surface area contributed by atoms with Crippen LogP contribution in [0.4, 0.5) is 0 Å². The summed E-state index contributed by atoms with van der Waals surface area (Å²) in [6.07, 6.45) is -0.897. The first-order valence-corrected chi connectivity index (χ1v) is 2.59. The minimum atomic E-state index is -1.84. The van der Waals surface area contributed by atoms with Gasteiger partial charge in [-0.05, 0) is 12.4 Å². The third-order valence-corrected chi connectivity index (χ3v) is 0.594. The van der Waals surface area contributed by atoms with Gasteiger partial charge < -0.3 is 0 Å². The van der Waals surface area contributed by atoms with Gasteiger partial charge >= 0.3 is 0 Å². The second-order valence-corrected chi connectivity index (χ2v) is 1.31. The second kappa shape index (κ2) is 6.41. The van der Waals surface area contributed by atoms with E-state index >= 15 is 0 Å². The van der Waals surface area contributed by atoms with E-state index in [0.717, 1.165) is 0 Å². The van der Waals surface area contributed by atoms with Crippen molar-refractivity contribution in [2.45, 2.75) is 26.1 Å². The van der Waals surface area contributed by atoms with Crippen molar-refractivity contribution >= 4 is 6.29 Å². The van der Waals surface area contributed by atoms with Gasteiger partial charge in [-0.1, -0.05) is 25.8 Å². The van der Waals surface area contributed by atoms with Crippen molar-refractivity contribution in [1.82, 2.24) is 0 Å². The zero-order chi connectivity index (χ0) is 9.78. The highest BCUT2D eigenvalue weighted by Gasteiger charge is 1.74. The lowest BCUT2D eigenvalue weighted by Gasteiger charge is -1.83. The minimum absolute atomic E-state index is 0.169. The Labute approximate surface area is 56.0 Å². The normalized spacial score (nSPS) is 21.6. The molecule has 8 heavy (non-hydrogen) atoms. The van der Waals surface area contributed by atoms with Crippen LogP contribution >= 0.6 is 0 Å². The molecule has 0 aromatic carbocycles. The van der Waals surface area contributed by atoms with Crippen molar-refractivity contribution < 1.29 is 10.3 Å². The van der Waals surface area contributed by atoms with Crippen LogP contribution in [-0.2, 0) is 4.79 Å². The lowest BCUT2D eigenvalue weighted by Crippen LogP contribution is -1.66. The van der Waals surface area contributed by atoms with Crippen LogP contribution < -0.4 is 0 Å². The molecule has 0 spiro atoms. The van der Waals surface area contributed by atoms with Crippen molar-refractivity contribution in [3.63, 3.8) is 0 Å². The number of hydrogen-bond acceptors (Lipinski definition) is 1. The molecule has 1 nitrogen and oxygen atoms in total. The Morgan fingerprint density at radius 1 is 1.88 bits per heavy atom. The first kappa shape index (κ1) is 2.81. The van der Waals surface area contributed by atoms with Gasteiger partial charge in [0, 0.05) is 2.74 Å². The highest BCUT2D eigenvalue weighted by molar-refractivity contribution is 5.64. The summed E-state index contributed by atoms with van der Waals surface area (Å²) in [5.41, 5.74) is 0. The van der Waals surface area contributed by atoms with Crippen LogP contribution in [0.1, 0.15) is 31.6 Å². The van der Waals surface area contributed by atoms with Gasteiger partial charge in [0.15, 0.2) is 0 Å². The SMILES string of the molecule is [2H]C(C=O)=C([2H])C([2H])([2H])CCC. The first-order chi connectivity index (χ1) is 5.45. The molecule has 0 heterocycles. The van der Waals surface area contributed by atoms with E-state index < -0.39 is 18.5 Å². The van der Waals surface area contributed by atoms with Gasteiger partial charge in [0.05, 0.1) is 2.74 Å². The Kier molecular flexibility index (Phi) is 2.25. The van der Waals surface area contributed by atoms with E-state index in [9.17, 15) is 4.79 Å². The summed E-state index contributed by atoms with van der Waals surface area (Å²) >= 11 is 0. The van der Waals surface area contributed by atoms with Crippen LogP contribution in [-0.4, -0.2) is 6.29 Å². The number of carbonyl (C=O) groups excluding carboxylic acids is 1. The highest BCUT2D eigenvalue weighted by Crippen LogP contribution is 1.93. The van der Waals surface area contributed by atoms with E-state index in [1.807, 2.05) is 0 Å². The molecule has 0 aliphatic heterocycles. The second-order valence-electron chi connectivity index (χ2n) is 1.31. The molecule has 0 aliphatic carbocycles. The largest absolute Gasteiger partial charge is 0.299 e. The molecule has 0 aromatic rings. The van der Waals surface area contributed by atoms with E-state index in [1.54, 1.807) is 6.92 Å². The summed E-state index contributed by atoms with van der Waals surface area (Å²) in [5.74, 6) is 0. The Morgan fingerprint density at radius 3 is 3.12 bits per heavy atom. The van der Waals surface area contributed by atoms with Crippen LogP contribution in [0.15, 0.2) is 12.1 Å². The third kappa shape index (κ3) is 5.41. The van der Waals surface area contributed by atoms with Gasteiger partial charge in [-0.2, -0.15) is 0 Å². The maximum Gasteiger partial charge on any atom is 0.142 e. The van der Waals surface area contributed by atoms with Crippen molar-refractivity contribution in [2.24, 2.45) is 0 Å². The van der Waals surface area contributed by atoms with Gasteiger partial charge in [0.2, 0.25) is 0 Å². The molecule has 0 unspecified atom stereocenters. The standard InChI is InChI=1S/C7H12O/c1-2-3-4-5-6-7-8/h5-7H,2-4H2,1H3/i4D2,5D,6D. The van der Waals surface area contributed by atoms with Crippen LogP contribution in [0.3, 0.4) is 0 Å². The number of hydrogen-bond donors (Lipinski definition) is 0. The summed E-state index contributed by atoms with van der Waals surface area (Å²) in [5, 5.41) is 0. The lowest BCUT2D eigenvalue weighted by atomic mass is 10.2. The van der Waals surface area contributed by atoms with Crippen LogP contribution in [0.25, 0.3) is 0 Å². The van der Waals surface area contributed by atoms with Crippen LogP contribution in [0, 0.1) is 0 Å². The summed E-state index contributed by atoms with van der Waals surface area (Å²) in [6, 6.07) is -1.10. The number of carbonyl (C=O) groups is 1. The van der Waals surface area contributed by atoms with Crippen molar-refractivity contribution in [2.75, 3.05) is 0 Å². The van der Waals surface area contributed by atoms with Gasteiger partial charge in [0.25, 0.3) is 0 Å². The van der Waals surface area contributed by atoms with E-state index in [1.165, 1.54) is 0 Å². The van der Waals surface area contributed by atoms with Gasteiger partial charge in [-0.25, -0.2) is 0 Å². The molecule has 1 heteroatoms. The van der Waals surface area contributed by atoms with E-state index in [0.29, 0.717) is 6.42 Å². The predicted octanol–water partition coefficient (Wildman–Crippen LogP) is 1.93. The van der Waals surface area contributed by atoms with Crippen LogP contribution in [0.2, 0.25) is 0 Å². The molecule has 0 N–H and O–H groups in total. The zero-order valence-electron chi connectivity index (χ0n) is 8.90. The molecule has 0 saturated carbocycles. The molecule has 0 bridgehead atoms. The predicted molar refractivity (Wildman–Crippen MR) is 34.7 cm³/mol. The smallest absolute Gasteiger partial charge is 0.142 e. The molecule has 0 radical (unpaired) electrons. The summed E-state index contributed by atoms with van der Waals surface area (Å²) in [7, 11) is 0. The summed E-state index contributed by atoms with van der Waals surface area (Å²) < 4.78 is 28.7. The maximum absolute atomic E-state index is 10.1. The van der Waals surface area contributed by atoms with E-state index in [2.05, 4.69) is 0 Å². The van der Waals surface area contributed by atoms with E-state index in [-0.39, 0.29) is 12.7 Å². The van der Waals surface area contributed by atoms with Gasteiger partial charge in [-0.3, -0.25) is 4.79 Å². The fourth-order valence-electron chi connectivity index (χ4n) is 0.268. The van der Waals surface area contributed by atoms with E-state index in [4.69, 9.17) is 5.48 Å². The number of rotatable bonds is 4. The Hall–Kier alpha value is -0.590. The van der Waals surface area contributed by atoms with Crippen LogP contribution in [0.5, 0.6) is 0 Å². The molecule has 0 atom stereocenters. The number of aldehydes is 1. The molecule has 0 rings (SSSR count). The Morgan fingerprint density at radius 2 is 2.62 bits per heavy atom. The quantitative estimate of drug-likeness (QED) is 0.405.